The molecule has 7 heteroatoms. The van der Waals surface area contributed by atoms with Gasteiger partial charge in [0.05, 0.1) is 31.1 Å². The van der Waals surface area contributed by atoms with Crippen molar-refractivity contribution >= 4 is 51.0 Å². The summed E-state index contributed by atoms with van der Waals surface area (Å²) >= 11 is 2.05. The molecule has 2 aromatic carbocycles. The lowest BCUT2D eigenvalue weighted by atomic mass is 10.1. The molecule has 1 heterocycles. The second kappa shape index (κ2) is 7.45. The van der Waals surface area contributed by atoms with Gasteiger partial charge in [0.15, 0.2) is 11.0 Å². The summed E-state index contributed by atoms with van der Waals surface area (Å²) in [5.74, 6) is -0.878. The summed E-state index contributed by atoms with van der Waals surface area (Å²) in [5, 5.41) is 3.03. The number of nitrogens with zero attached hydrogens (tertiary/aromatic N) is 2. The van der Waals surface area contributed by atoms with Gasteiger partial charge < -0.3 is 10.1 Å². The van der Waals surface area contributed by atoms with Crippen molar-refractivity contribution in [1.82, 2.24) is 4.57 Å². The number of carbonyl (C=O) groups excluding carboxylic acids is 1. The van der Waals surface area contributed by atoms with Crippen LogP contribution < -0.4 is 9.88 Å². The van der Waals surface area contributed by atoms with E-state index in [9.17, 15) is 9.18 Å². The number of hydrogen-bond donors (Lipinski definition) is 1. The van der Waals surface area contributed by atoms with Crippen molar-refractivity contribution in [3.05, 3.63) is 64.3 Å². The first-order chi connectivity index (χ1) is 12.4. The fraction of sp³-hybridized carbons (Fsp3) is 0.158. The third-order valence-corrected chi connectivity index (χ3v) is 4.72. The SMILES string of the molecule is C=CCn1c[n+](C)c2cc(C(=O)OC)c(Nc3ccc(I)cc3F)cc21. The van der Waals surface area contributed by atoms with Crippen LogP contribution in [-0.4, -0.2) is 17.6 Å². The van der Waals surface area contributed by atoms with Gasteiger partial charge in [0.2, 0.25) is 6.33 Å². The van der Waals surface area contributed by atoms with Crippen molar-refractivity contribution in [3.8, 4) is 0 Å². The summed E-state index contributed by atoms with van der Waals surface area (Å²) in [6, 6.07) is 8.43. The van der Waals surface area contributed by atoms with Gasteiger partial charge in [0, 0.05) is 15.7 Å². The fourth-order valence-electron chi connectivity index (χ4n) is 2.83. The van der Waals surface area contributed by atoms with Gasteiger partial charge in [-0.05, 0) is 40.8 Å². The van der Waals surface area contributed by atoms with Crippen LogP contribution in [0.2, 0.25) is 0 Å². The lowest BCUT2D eigenvalue weighted by Gasteiger charge is -2.12. The van der Waals surface area contributed by atoms with E-state index >= 15 is 0 Å². The minimum Gasteiger partial charge on any atom is -0.465 e. The Labute approximate surface area is 164 Å². The molecule has 0 saturated heterocycles. The average molecular weight is 466 g/mol. The highest BCUT2D eigenvalue weighted by atomic mass is 127. The molecule has 0 spiro atoms. The zero-order valence-corrected chi connectivity index (χ0v) is 16.6. The van der Waals surface area contributed by atoms with Crippen LogP contribution in [0.5, 0.6) is 0 Å². The summed E-state index contributed by atoms with van der Waals surface area (Å²) in [6.07, 6.45) is 3.71. The number of imidazole rings is 1. The molecule has 3 rings (SSSR count). The molecule has 0 atom stereocenters. The summed E-state index contributed by atoms with van der Waals surface area (Å²) in [4.78, 5) is 12.3. The molecule has 0 amide bonds. The number of allylic oxidation sites excluding steroid dienone is 1. The molecule has 26 heavy (non-hydrogen) atoms. The van der Waals surface area contributed by atoms with Crippen LogP contribution in [-0.2, 0) is 18.3 Å². The standard InChI is InChI=1S/C19H17FIN3O2/c1-4-7-24-11-23(2)17-9-13(19(25)26-3)16(10-18(17)24)22-15-6-5-12(21)8-14(15)20/h4-6,8-11H,1,7H2,2-3H3/p+1. The number of rotatable bonds is 5. The number of carbonyl (C=O) groups is 1. The maximum Gasteiger partial charge on any atom is 0.340 e. The third-order valence-electron chi connectivity index (χ3n) is 4.05. The Kier molecular flexibility index (Phi) is 5.26. The number of methoxy groups -OCH3 is 1. The van der Waals surface area contributed by atoms with Gasteiger partial charge in [-0.15, -0.1) is 0 Å². The number of hydrogen-bond acceptors (Lipinski definition) is 3. The number of halogens is 2. The number of aryl methyl sites for hydroxylation is 1. The number of ether oxygens (including phenoxy) is 1. The smallest absolute Gasteiger partial charge is 0.340 e. The van der Waals surface area contributed by atoms with Gasteiger partial charge in [0.1, 0.15) is 12.4 Å². The van der Waals surface area contributed by atoms with E-state index in [0.29, 0.717) is 23.5 Å². The lowest BCUT2D eigenvalue weighted by Crippen LogP contribution is -2.25. The Balaban J connectivity index is 2.18. The molecule has 3 aromatic rings. The van der Waals surface area contributed by atoms with E-state index in [-0.39, 0.29) is 5.82 Å². The van der Waals surface area contributed by atoms with E-state index in [0.717, 1.165) is 14.6 Å². The predicted octanol–water partition coefficient (Wildman–Crippen LogP) is 3.93. The zero-order valence-electron chi connectivity index (χ0n) is 14.4. The van der Waals surface area contributed by atoms with Gasteiger partial charge in [-0.1, -0.05) is 12.7 Å². The summed E-state index contributed by atoms with van der Waals surface area (Å²) in [6.45, 7) is 4.39. The first kappa shape index (κ1) is 18.4. The van der Waals surface area contributed by atoms with Gasteiger partial charge in [-0.25, -0.2) is 18.3 Å². The molecule has 0 saturated carbocycles. The highest BCUT2D eigenvalue weighted by Gasteiger charge is 2.21. The Hall–Kier alpha value is -2.42. The molecule has 0 aliphatic rings. The highest BCUT2D eigenvalue weighted by Crippen LogP contribution is 2.28. The molecule has 0 radical (unpaired) electrons. The largest absolute Gasteiger partial charge is 0.465 e. The third kappa shape index (κ3) is 3.44. The molecule has 0 aliphatic heterocycles. The monoisotopic (exact) mass is 466 g/mol. The Morgan fingerprint density at radius 3 is 2.81 bits per heavy atom. The number of benzene rings is 2. The van der Waals surface area contributed by atoms with Crippen molar-refractivity contribution in [1.29, 1.82) is 0 Å². The number of aromatic nitrogens is 2. The number of nitrogens with one attached hydrogen (secondary N) is 1. The quantitative estimate of drug-likeness (QED) is 0.269. The van der Waals surface area contributed by atoms with Crippen LogP contribution in [0.3, 0.4) is 0 Å². The number of anilines is 2. The van der Waals surface area contributed by atoms with Crippen molar-refractivity contribution < 1.29 is 18.5 Å². The normalized spacial score (nSPS) is 10.8. The number of fused-ring (bicyclic) bond motifs is 1. The number of esters is 1. The van der Waals surface area contributed by atoms with Crippen molar-refractivity contribution in [2.75, 3.05) is 12.4 Å². The zero-order chi connectivity index (χ0) is 18.8. The average Bonchev–Trinajstić information content (AvgIpc) is 2.91. The van der Waals surface area contributed by atoms with E-state index in [1.807, 2.05) is 51.2 Å². The minimum absolute atomic E-state index is 0.293. The Morgan fingerprint density at radius 2 is 2.15 bits per heavy atom. The second-order valence-electron chi connectivity index (χ2n) is 5.79. The molecule has 1 N–H and O–H groups in total. The van der Waals surface area contributed by atoms with E-state index in [1.165, 1.54) is 13.2 Å². The maximum atomic E-state index is 14.3. The van der Waals surface area contributed by atoms with Crippen molar-refractivity contribution in [2.45, 2.75) is 6.54 Å². The first-order valence-electron chi connectivity index (χ1n) is 7.88. The summed E-state index contributed by atoms with van der Waals surface area (Å²) in [5.41, 5.74) is 2.87. The van der Waals surface area contributed by atoms with Crippen LogP contribution in [0.4, 0.5) is 15.8 Å². The predicted molar refractivity (Wildman–Crippen MR) is 107 cm³/mol. The van der Waals surface area contributed by atoms with Gasteiger partial charge in [-0.3, -0.25) is 0 Å². The van der Waals surface area contributed by atoms with Crippen molar-refractivity contribution in [2.24, 2.45) is 7.05 Å². The fourth-order valence-corrected chi connectivity index (χ4v) is 3.28. The van der Waals surface area contributed by atoms with E-state index < -0.39 is 5.97 Å². The van der Waals surface area contributed by atoms with Crippen LogP contribution in [0.1, 0.15) is 10.4 Å². The van der Waals surface area contributed by atoms with Crippen LogP contribution in [0.15, 0.2) is 49.3 Å². The Bertz CT molecular complexity index is 1010. The summed E-state index contributed by atoms with van der Waals surface area (Å²) < 4.78 is 23.9. The van der Waals surface area contributed by atoms with Crippen molar-refractivity contribution in [3.63, 3.8) is 0 Å². The first-order valence-corrected chi connectivity index (χ1v) is 8.96. The van der Waals surface area contributed by atoms with E-state index in [1.54, 1.807) is 24.3 Å². The lowest BCUT2D eigenvalue weighted by molar-refractivity contribution is -0.645. The van der Waals surface area contributed by atoms with E-state index in [4.69, 9.17) is 4.74 Å². The van der Waals surface area contributed by atoms with Crippen LogP contribution in [0, 0.1) is 9.39 Å². The topological polar surface area (TPSA) is 47.1 Å². The molecule has 0 unspecified atom stereocenters. The van der Waals surface area contributed by atoms with Gasteiger partial charge in [0.25, 0.3) is 0 Å². The van der Waals surface area contributed by atoms with Gasteiger partial charge in [-0.2, -0.15) is 0 Å². The maximum absolute atomic E-state index is 14.3. The van der Waals surface area contributed by atoms with Crippen LogP contribution >= 0.6 is 22.6 Å². The molecule has 0 bridgehead atoms. The molecule has 1 aromatic heterocycles. The van der Waals surface area contributed by atoms with E-state index in [2.05, 4.69) is 11.9 Å². The molecule has 5 nitrogen and oxygen atoms in total. The van der Waals surface area contributed by atoms with Crippen LogP contribution in [0.25, 0.3) is 11.0 Å². The molecule has 0 aliphatic carbocycles. The second-order valence-corrected chi connectivity index (χ2v) is 7.04. The van der Waals surface area contributed by atoms with Gasteiger partial charge >= 0.3 is 5.97 Å². The Morgan fingerprint density at radius 1 is 1.38 bits per heavy atom. The minimum atomic E-state index is -0.489. The molecule has 0 fully saturated rings. The highest BCUT2D eigenvalue weighted by molar-refractivity contribution is 14.1. The molecular weight excluding hydrogens is 448 g/mol. The molecule has 134 valence electrons. The molecular formula is C19H18FIN3O2+. The summed E-state index contributed by atoms with van der Waals surface area (Å²) in [7, 11) is 3.22.